The minimum atomic E-state index is 0.0465. The molecule has 102 valence electrons. The SMILES string of the molecule is CN=CC1(c2ccc(-c3cnc(N)nc3)cn2)CCC1. The molecule has 2 aromatic heterocycles. The molecule has 1 saturated carbocycles. The molecule has 0 amide bonds. The van der Waals surface area contributed by atoms with Gasteiger partial charge in [0.2, 0.25) is 5.95 Å². The van der Waals surface area contributed by atoms with Crippen LogP contribution in [0.25, 0.3) is 11.1 Å². The number of nitrogen functional groups attached to an aromatic ring is 1. The van der Waals surface area contributed by atoms with Gasteiger partial charge in [-0.15, -0.1) is 0 Å². The zero-order valence-electron chi connectivity index (χ0n) is 11.5. The van der Waals surface area contributed by atoms with E-state index in [-0.39, 0.29) is 11.4 Å². The van der Waals surface area contributed by atoms with Gasteiger partial charge < -0.3 is 5.73 Å². The third kappa shape index (κ3) is 2.15. The molecule has 0 bridgehead atoms. The second kappa shape index (κ2) is 5.00. The molecule has 3 rings (SSSR count). The van der Waals surface area contributed by atoms with Crippen LogP contribution < -0.4 is 5.73 Å². The van der Waals surface area contributed by atoms with Crippen molar-refractivity contribution < 1.29 is 0 Å². The fraction of sp³-hybridized carbons (Fsp3) is 0.333. The van der Waals surface area contributed by atoms with Crippen molar-refractivity contribution in [3.63, 3.8) is 0 Å². The fourth-order valence-corrected chi connectivity index (χ4v) is 2.60. The topological polar surface area (TPSA) is 77.0 Å². The Morgan fingerprint density at radius 1 is 1.10 bits per heavy atom. The molecule has 20 heavy (non-hydrogen) atoms. The number of hydrogen-bond acceptors (Lipinski definition) is 5. The second-order valence-electron chi connectivity index (χ2n) is 5.16. The van der Waals surface area contributed by atoms with E-state index in [0.717, 1.165) is 29.7 Å². The van der Waals surface area contributed by atoms with E-state index in [1.54, 1.807) is 12.4 Å². The number of pyridine rings is 1. The summed E-state index contributed by atoms with van der Waals surface area (Å²) >= 11 is 0. The zero-order chi connectivity index (χ0) is 14.0. The molecule has 5 nitrogen and oxygen atoms in total. The van der Waals surface area contributed by atoms with Crippen LogP contribution in [0, 0.1) is 0 Å². The second-order valence-corrected chi connectivity index (χ2v) is 5.16. The highest BCUT2D eigenvalue weighted by molar-refractivity contribution is 5.74. The van der Waals surface area contributed by atoms with Gasteiger partial charge in [0.05, 0.1) is 5.69 Å². The van der Waals surface area contributed by atoms with E-state index in [9.17, 15) is 0 Å². The van der Waals surface area contributed by atoms with E-state index in [4.69, 9.17) is 5.73 Å². The quantitative estimate of drug-likeness (QED) is 0.865. The number of hydrogen-bond donors (Lipinski definition) is 1. The normalized spacial score (nSPS) is 17.1. The molecule has 0 aromatic carbocycles. The van der Waals surface area contributed by atoms with Crippen LogP contribution in [-0.2, 0) is 5.41 Å². The Labute approximate surface area is 118 Å². The Hall–Kier alpha value is -2.30. The summed E-state index contributed by atoms with van der Waals surface area (Å²) in [6.45, 7) is 0. The van der Waals surface area contributed by atoms with Gasteiger partial charge in [-0.25, -0.2) is 9.97 Å². The monoisotopic (exact) mass is 267 g/mol. The van der Waals surface area contributed by atoms with Gasteiger partial charge in [-0.05, 0) is 18.9 Å². The smallest absolute Gasteiger partial charge is 0.219 e. The number of aliphatic imine (C=N–C) groups is 1. The number of aromatic nitrogens is 3. The van der Waals surface area contributed by atoms with Gasteiger partial charge in [0.15, 0.2) is 0 Å². The molecule has 0 aliphatic heterocycles. The summed E-state index contributed by atoms with van der Waals surface area (Å²) in [5.41, 5.74) is 8.55. The summed E-state index contributed by atoms with van der Waals surface area (Å²) < 4.78 is 0. The first-order chi connectivity index (χ1) is 9.73. The molecule has 1 aliphatic rings. The Morgan fingerprint density at radius 3 is 2.30 bits per heavy atom. The van der Waals surface area contributed by atoms with Gasteiger partial charge in [-0.3, -0.25) is 9.98 Å². The average molecular weight is 267 g/mol. The minimum Gasteiger partial charge on any atom is -0.368 e. The highest BCUT2D eigenvalue weighted by Gasteiger charge is 2.38. The van der Waals surface area contributed by atoms with Crippen molar-refractivity contribution in [1.82, 2.24) is 15.0 Å². The summed E-state index contributed by atoms with van der Waals surface area (Å²) in [6.07, 6.45) is 10.8. The first-order valence-corrected chi connectivity index (χ1v) is 6.71. The summed E-state index contributed by atoms with van der Waals surface area (Å²) in [6, 6.07) is 4.13. The van der Waals surface area contributed by atoms with Crippen molar-refractivity contribution in [3.05, 3.63) is 36.4 Å². The minimum absolute atomic E-state index is 0.0465. The number of nitrogens with zero attached hydrogens (tertiary/aromatic N) is 4. The van der Waals surface area contributed by atoms with Gasteiger partial charge >= 0.3 is 0 Å². The van der Waals surface area contributed by atoms with Crippen LogP contribution in [0.1, 0.15) is 25.0 Å². The molecule has 0 unspecified atom stereocenters. The van der Waals surface area contributed by atoms with E-state index in [1.165, 1.54) is 6.42 Å². The summed E-state index contributed by atoms with van der Waals surface area (Å²) in [7, 11) is 1.82. The summed E-state index contributed by atoms with van der Waals surface area (Å²) in [5.74, 6) is 0.283. The lowest BCUT2D eigenvalue weighted by atomic mass is 9.67. The van der Waals surface area contributed by atoms with Crippen molar-refractivity contribution in [2.24, 2.45) is 4.99 Å². The summed E-state index contributed by atoms with van der Waals surface area (Å²) in [5, 5.41) is 0. The Bertz CT molecular complexity index is 612. The predicted octanol–water partition coefficient (Wildman–Crippen LogP) is 2.24. The lowest BCUT2D eigenvalue weighted by Crippen LogP contribution is -2.36. The highest BCUT2D eigenvalue weighted by atomic mass is 15.0. The average Bonchev–Trinajstić information content (AvgIpc) is 2.44. The van der Waals surface area contributed by atoms with Gasteiger partial charge in [-0.2, -0.15) is 0 Å². The van der Waals surface area contributed by atoms with E-state index < -0.39 is 0 Å². The van der Waals surface area contributed by atoms with Gasteiger partial charge in [-0.1, -0.05) is 12.5 Å². The third-order valence-electron chi connectivity index (χ3n) is 3.90. The lowest BCUT2D eigenvalue weighted by molar-refractivity contribution is 0.339. The highest BCUT2D eigenvalue weighted by Crippen LogP contribution is 2.41. The van der Waals surface area contributed by atoms with Crippen LogP contribution in [0.4, 0.5) is 5.95 Å². The molecule has 0 radical (unpaired) electrons. The van der Waals surface area contributed by atoms with Gasteiger partial charge in [0.1, 0.15) is 0 Å². The molecular weight excluding hydrogens is 250 g/mol. The van der Waals surface area contributed by atoms with E-state index in [0.29, 0.717) is 0 Å². The molecule has 0 saturated heterocycles. The van der Waals surface area contributed by atoms with Crippen molar-refractivity contribution in [2.75, 3.05) is 12.8 Å². The van der Waals surface area contributed by atoms with E-state index in [2.05, 4.69) is 32.1 Å². The lowest BCUT2D eigenvalue weighted by Gasteiger charge is -2.37. The van der Waals surface area contributed by atoms with Crippen molar-refractivity contribution in [2.45, 2.75) is 24.7 Å². The summed E-state index contributed by atoms with van der Waals surface area (Å²) in [4.78, 5) is 16.8. The fourth-order valence-electron chi connectivity index (χ4n) is 2.60. The maximum Gasteiger partial charge on any atom is 0.219 e. The van der Waals surface area contributed by atoms with Crippen LogP contribution in [0.2, 0.25) is 0 Å². The molecule has 0 spiro atoms. The van der Waals surface area contributed by atoms with Crippen molar-refractivity contribution in [3.8, 4) is 11.1 Å². The Balaban J connectivity index is 1.89. The predicted molar refractivity (Wildman–Crippen MR) is 79.6 cm³/mol. The standard InChI is InChI=1S/C15H17N5/c1-17-10-15(5-2-6-15)13-4-3-11(7-18-13)12-8-19-14(16)20-9-12/h3-4,7-10H,2,5-6H2,1H3,(H2,16,19,20). The van der Waals surface area contributed by atoms with Crippen LogP contribution >= 0.6 is 0 Å². The van der Waals surface area contributed by atoms with E-state index >= 15 is 0 Å². The van der Waals surface area contributed by atoms with Gasteiger partial charge in [0, 0.05) is 48.4 Å². The maximum absolute atomic E-state index is 5.49. The maximum atomic E-state index is 5.49. The van der Waals surface area contributed by atoms with Gasteiger partial charge in [0.25, 0.3) is 0 Å². The van der Waals surface area contributed by atoms with Crippen LogP contribution in [-0.4, -0.2) is 28.2 Å². The first-order valence-electron chi connectivity index (χ1n) is 6.71. The number of rotatable bonds is 3. The van der Waals surface area contributed by atoms with Crippen molar-refractivity contribution >= 4 is 12.2 Å². The molecule has 0 atom stereocenters. The molecule has 1 aliphatic carbocycles. The van der Waals surface area contributed by atoms with Crippen molar-refractivity contribution in [1.29, 1.82) is 0 Å². The Kier molecular flexibility index (Phi) is 3.18. The molecule has 5 heteroatoms. The van der Waals surface area contributed by atoms with E-state index in [1.807, 2.05) is 19.5 Å². The van der Waals surface area contributed by atoms with Crippen LogP contribution in [0.5, 0.6) is 0 Å². The molecule has 2 heterocycles. The molecule has 2 N–H and O–H groups in total. The molecular formula is C15H17N5. The zero-order valence-corrected chi connectivity index (χ0v) is 11.5. The number of anilines is 1. The first kappa shape index (κ1) is 12.7. The van der Waals surface area contributed by atoms with Crippen LogP contribution in [0.3, 0.4) is 0 Å². The third-order valence-corrected chi connectivity index (χ3v) is 3.90. The molecule has 1 fully saturated rings. The number of nitrogens with two attached hydrogens (primary N) is 1. The molecule has 2 aromatic rings. The Morgan fingerprint density at radius 2 is 1.80 bits per heavy atom. The largest absolute Gasteiger partial charge is 0.368 e. The van der Waals surface area contributed by atoms with Crippen LogP contribution in [0.15, 0.2) is 35.7 Å².